The fraction of sp³-hybridized carbons (Fsp3) is 0.455. The lowest BCUT2D eigenvalue weighted by atomic mass is 9.91. The van der Waals surface area contributed by atoms with E-state index in [0.717, 1.165) is 55.7 Å². The van der Waals surface area contributed by atoms with Crippen molar-refractivity contribution in [1.82, 2.24) is 25.6 Å². The van der Waals surface area contributed by atoms with Crippen molar-refractivity contribution in [3.63, 3.8) is 0 Å². The summed E-state index contributed by atoms with van der Waals surface area (Å²) in [4.78, 5) is 6.73. The maximum absolute atomic E-state index is 15.1. The molecule has 1 aliphatic rings. The van der Waals surface area contributed by atoms with Gasteiger partial charge in [0.05, 0.1) is 11.3 Å². The Bertz CT molecular complexity index is 918. The van der Waals surface area contributed by atoms with Crippen molar-refractivity contribution in [2.24, 2.45) is 11.8 Å². The number of piperidine rings is 1. The molecule has 0 radical (unpaired) electrons. The molecule has 0 atom stereocenters. The quantitative estimate of drug-likeness (QED) is 0.683. The average molecular weight is 394 g/mol. The molecule has 152 valence electrons. The van der Waals surface area contributed by atoms with E-state index in [2.05, 4.69) is 56.5 Å². The van der Waals surface area contributed by atoms with Crippen LogP contribution in [0.15, 0.2) is 36.5 Å². The molecule has 0 unspecified atom stereocenters. The summed E-state index contributed by atoms with van der Waals surface area (Å²) in [5.41, 5.74) is 3.46. The second-order valence-electron chi connectivity index (χ2n) is 8.26. The molecule has 6 nitrogen and oxygen atoms in total. The van der Waals surface area contributed by atoms with Gasteiger partial charge in [0.1, 0.15) is 5.82 Å². The second kappa shape index (κ2) is 8.68. The zero-order valence-electron chi connectivity index (χ0n) is 17.0. The fourth-order valence-electron chi connectivity index (χ4n) is 4.17. The first-order valence-corrected chi connectivity index (χ1v) is 10.3. The fourth-order valence-corrected chi connectivity index (χ4v) is 4.17. The molecule has 0 amide bonds. The summed E-state index contributed by atoms with van der Waals surface area (Å²) in [6.45, 7) is 6.06. The van der Waals surface area contributed by atoms with Crippen LogP contribution in [0, 0.1) is 17.7 Å². The summed E-state index contributed by atoms with van der Waals surface area (Å²) in [7, 11) is 0. The van der Waals surface area contributed by atoms with Gasteiger partial charge in [-0.1, -0.05) is 19.9 Å². The first-order valence-electron chi connectivity index (χ1n) is 10.3. The lowest BCUT2D eigenvalue weighted by Crippen LogP contribution is -2.35. The molecule has 0 aliphatic carbocycles. The molecule has 1 aromatic carbocycles. The number of halogens is 1. The SMILES string of the molecule is CC(C)Cc1cc(F)c(-c2nn[nH]n2)c(N2CCC(Cc3ccccn3)CC2)c1. The van der Waals surface area contributed by atoms with Gasteiger partial charge in [-0.2, -0.15) is 5.21 Å². The van der Waals surface area contributed by atoms with Crippen molar-refractivity contribution in [1.29, 1.82) is 0 Å². The molecule has 0 spiro atoms. The number of H-pyrrole nitrogens is 1. The molecule has 1 aliphatic heterocycles. The van der Waals surface area contributed by atoms with Gasteiger partial charge in [0.2, 0.25) is 5.82 Å². The van der Waals surface area contributed by atoms with E-state index < -0.39 is 0 Å². The molecule has 1 fully saturated rings. The average Bonchev–Trinajstić information content (AvgIpc) is 3.23. The molecular weight excluding hydrogens is 367 g/mol. The minimum absolute atomic E-state index is 0.282. The van der Waals surface area contributed by atoms with Crippen LogP contribution in [-0.4, -0.2) is 38.7 Å². The molecule has 3 aromatic rings. The van der Waals surface area contributed by atoms with E-state index in [1.165, 1.54) is 0 Å². The monoisotopic (exact) mass is 394 g/mol. The minimum Gasteiger partial charge on any atom is -0.371 e. The highest BCUT2D eigenvalue weighted by Gasteiger charge is 2.25. The number of aromatic nitrogens is 5. The van der Waals surface area contributed by atoms with E-state index in [4.69, 9.17) is 0 Å². The first kappa shape index (κ1) is 19.5. The Morgan fingerprint density at radius 3 is 2.69 bits per heavy atom. The van der Waals surface area contributed by atoms with Crippen molar-refractivity contribution < 1.29 is 4.39 Å². The van der Waals surface area contributed by atoms with Crippen LogP contribution in [0.25, 0.3) is 11.4 Å². The van der Waals surface area contributed by atoms with Gasteiger partial charge in [0, 0.05) is 25.0 Å². The number of hydrogen-bond donors (Lipinski definition) is 1. The molecule has 4 rings (SSSR count). The number of nitrogens with zero attached hydrogens (tertiary/aromatic N) is 5. The van der Waals surface area contributed by atoms with Crippen LogP contribution in [0.1, 0.15) is 37.9 Å². The summed E-state index contributed by atoms with van der Waals surface area (Å²) in [5.74, 6) is 1.08. The van der Waals surface area contributed by atoms with E-state index in [-0.39, 0.29) is 5.82 Å². The van der Waals surface area contributed by atoms with Gasteiger partial charge in [-0.15, -0.1) is 10.2 Å². The maximum Gasteiger partial charge on any atom is 0.209 e. The number of tetrazole rings is 1. The Kier molecular flexibility index (Phi) is 5.83. The number of pyridine rings is 1. The molecule has 29 heavy (non-hydrogen) atoms. The predicted octanol–water partition coefficient (Wildman–Crippen LogP) is 4.06. The highest BCUT2D eigenvalue weighted by atomic mass is 19.1. The highest BCUT2D eigenvalue weighted by molar-refractivity contribution is 5.75. The van der Waals surface area contributed by atoms with Crippen LogP contribution >= 0.6 is 0 Å². The van der Waals surface area contributed by atoms with E-state index in [1.54, 1.807) is 6.07 Å². The van der Waals surface area contributed by atoms with Crippen molar-refractivity contribution in [2.45, 2.75) is 39.5 Å². The largest absolute Gasteiger partial charge is 0.371 e. The van der Waals surface area contributed by atoms with Gasteiger partial charge in [-0.25, -0.2) is 4.39 Å². The molecule has 0 bridgehead atoms. The normalized spacial score (nSPS) is 15.2. The predicted molar refractivity (Wildman–Crippen MR) is 111 cm³/mol. The molecule has 7 heteroatoms. The molecule has 1 saturated heterocycles. The van der Waals surface area contributed by atoms with E-state index >= 15 is 4.39 Å². The lowest BCUT2D eigenvalue weighted by Gasteiger charge is -2.35. The third-order valence-electron chi connectivity index (χ3n) is 5.52. The molecule has 0 saturated carbocycles. The van der Waals surface area contributed by atoms with E-state index in [9.17, 15) is 0 Å². The molecule has 3 heterocycles. The minimum atomic E-state index is -0.282. The van der Waals surface area contributed by atoms with Gasteiger partial charge in [0.25, 0.3) is 0 Å². The van der Waals surface area contributed by atoms with Crippen molar-refractivity contribution in [3.8, 4) is 11.4 Å². The summed E-state index contributed by atoms with van der Waals surface area (Å²) in [5, 5.41) is 14.2. The van der Waals surface area contributed by atoms with Crippen LogP contribution in [-0.2, 0) is 12.8 Å². The third kappa shape index (κ3) is 4.60. The summed E-state index contributed by atoms with van der Waals surface area (Å²) < 4.78 is 15.1. The van der Waals surface area contributed by atoms with E-state index in [0.29, 0.717) is 23.2 Å². The van der Waals surface area contributed by atoms with E-state index in [1.807, 2.05) is 18.3 Å². The van der Waals surface area contributed by atoms with Gasteiger partial charge < -0.3 is 4.90 Å². The van der Waals surface area contributed by atoms with Gasteiger partial charge >= 0.3 is 0 Å². The number of rotatable bonds is 6. The molecule has 1 N–H and O–H groups in total. The van der Waals surface area contributed by atoms with Gasteiger partial charge in [-0.3, -0.25) is 4.98 Å². The lowest BCUT2D eigenvalue weighted by molar-refractivity contribution is 0.400. The van der Waals surface area contributed by atoms with Crippen LogP contribution < -0.4 is 4.90 Å². The third-order valence-corrected chi connectivity index (χ3v) is 5.52. The number of hydrogen-bond acceptors (Lipinski definition) is 5. The first-order chi connectivity index (χ1) is 14.1. The van der Waals surface area contributed by atoms with Crippen LogP contribution in [0.5, 0.6) is 0 Å². The van der Waals surface area contributed by atoms with Crippen molar-refractivity contribution in [2.75, 3.05) is 18.0 Å². The Balaban J connectivity index is 1.56. The standard InChI is InChI=1S/C22H27FN6/c1-15(2)11-17-13-19(23)21(22-25-27-28-26-22)20(14-17)29-9-6-16(7-10-29)12-18-5-3-4-8-24-18/h3-5,8,13-16H,6-7,9-12H2,1-2H3,(H,25,26,27,28). The summed E-state index contributed by atoms with van der Waals surface area (Å²) in [6, 6.07) is 9.80. The number of benzene rings is 1. The van der Waals surface area contributed by atoms with Crippen LogP contribution in [0.3, 0.4) is 0 Å². The van der Waals surface area contributed by atoms with Gasteiger partial charge in [0.15, 0.2) is 0 Å². The second-order valence-corrected chi connectivity index (χ2v) is 8.26. The number of anilines is 1. The topological polar surface area (TPSA) is 70.6 Å². The van der Waals surface area contributed by atoms with Crippen molar-refractivity contribution in [3.05, 3.63) is 53.6 Å². The Hall–Kier alpha value is -2.83. The maximum atomic E-state index is 15.1. The molecular formula is C22H27FN6. The highest BCUT2D eigenvalue weighted by Crippen LogP contribution is 2.35. The summed E-state index contributed by atoms with van der Waals surface area (Å²) >= 11 is 0. The summed E-state index contributed by atoms with van der Waals surface area (Å²) in [6.07, 6.45) is 5.79. The zero-order valence-corrected chi connectivity index (χ0v) is 17.0. The van der Waals surface area contributed by atoms with Gasteiger partial charge in [-0.05, 0) is 72.6 Å². The van der Waals surface area contributed by atoms with Crippen LogP contribution in [0.4, 0.5) is 10.1 Å². The number of nitrogens with one attached hydrogen (secondary N) is 1. The number of aromatic amines is 1. The Labute approximate surface area is 170 Å². The molecule has 2 aromatic heterocycles. The zero-order chi connectivity index (χ0) is 20.2. The smallest absolute Gasteiger partial charge is 0.209 e. The Morgan fingerprint density at radius 2 is 2.03 bits per heavy atom. The van der Waals surface area contributed by atoms with Crippen LogP contribution in [0.2, 0.25) is 0 Å². The van der Waals surface area contributed by atoms with Crippen molar-refractivity contribution >= 4 is 5.69 Å². The Morgan fingerprint density at radius 1 is 1.21 bits per heavy atom.